The quantitative estimate of drug-likeness (QED) is 0.712. The van der Waals surface area contributed by atoms with Crippen LogP contribution in [0.2, 0.25) is 0 Å². The van der Waals surface area contributed by atoms with Gasteiger partial charge in [-0.3, -0.25) is 4.79 Å². The average molecular weight is 366 g/mol. The zero-order chi connectivity index (χ0) is 19.5. The summed E-state index contributed by atoms with van der Waals surface area (Å²) in [5.74, 6) is 2.07. The van der Waals surface area contributed by atoms with E-state index in [4.69, 9.17) is 0 Å². The lowest BCUT2D eigenvalue weighted by Gasteiger charge is -2.38. The Kier molecular flexibility index (Phi) is 7.21. The molecular formula is C23H43NO2. The molecule has 2 bridgehead atoms. The van der Waals surface area contributed by atoms with E-state index in [1.165, 1.54) is 19.3 Å². The number of hydrogen-bond acceptors (Lipinski definition) is 2. The lowest BCUT2D eigenvalue weighted by atomic mass is 9.75. The first-order valence-electron chi connectivity index (χ1n) is 11.1. The van der Waals surface area contributed by atoms with Crippen LogP contribution in [0.4, 0.5) is 0 Å². The summed E-state index contributed by atoms with van der Waals surface area (Å²) in [6.45, 7) is 13.3. The van der Waals surface area contributed by atoms with Crippen molar-refractivity contribution in [3.63, 3.8) is 0 Å². The van der Waals surface area contributed by atoms with Crippen molar-refractivity contribution in [2.75, 3.05) is 0 Å². The van der Waals surface area contributed by atoms with Crippen LogP contribution in [0.15, 0.2) is 0 Å². The number of amides is 1. The van der Waals surface area contributed by atoms with Gasteiger partial charge in [0, 0.05) is 5.92 Å². The summed E-state index contributed by atoms with van der Waals surface area (Å²) in [5, 5.41) is 14.6. The second-order valence-corrected chi connectivity index (χ2v) is 10.4. The predicted octanol–water partition coefficient (Wildman–Crippen LogP) is 5.31. The highest BCUT2D eigenvalue weighted by molar-refractivity contribution is 5.78. The van der Waals surface area contributed by atoms with Gasteiger partial charge >= 0.3 is 0 Å². The largest absolute Gasteiger partial charge is 0.388 e. The molecule has 152 valence electrons. The summed E-state index contributed by atoms with van der Waals surface area (Å²) >= 11 is 0. The average Bonchev–Trinajstić information content (AvgIpc) is 2.84. The summed E-state index contributed by atoms with van der Waals surface area (Å²) in [7, 11) is 0. The molecule has 0 aromatic heterocycles. The molecule has 26 heavy (non-hydrogen) atoms. The Labute approximate surface area is 161 Å². The van der Waals surface area contributed by atoms with Crippen LogP contribution < -0.4 is 5.32 Å². The molecule has 0 spiro atoms. The van der Waals surface area contributed by atoms with Crippen LogP contribution in [0.25, 0.3) is 0 Å². The molecule has 2 rings (SSSR count). The molecule has 1 saturated heterocycles. The number of carbonyl (C=O) groups is 1. The number of fused-ring (bicyclic) bond motifs is 2. The standard InChI is InChI=1S/C23H43NO2/c1-7-8-11-20-23(6,26)14-18(4)19-15-22(5,13-17(19)3)12-9-10-16(2)21(25)24-20/h16-20,26H,7-15H2,1-6H3,(H,24,25)/t16-,17-,18-,19-,20-,22?,23+/m1/s1. The van der Waals surface area contributed by atoms with E-state index in [0.717, 1.165) is 44.4 Å². The van der Waals surface area contributed by atoms with E-state index in [1.54, 1.807) is 0 Å². The van der Waals surface area contributed by atoms with Gasteiger partial charge in [-0.15, -0.1) is 0 Å². The predicted molar refractivity (Wildman–Crippen MR) is 109 cm³/mol. The summed E-state index contributed by atoms with van der Waals surface area (Å²) in [6.07, 6.45) is 9.67. The number of rotatable bonds is 3. The fourth-order valence-electron chi connectivity index (χ4n) is 5.92. The van der Waals surface area contributed by atoms with Gasteiger partial charge in [-0.2, -0.15) is 0 Å². The van der Waals surface area contributed by atoms with Crippen LogP contribution in [-0.2, 0) is 4.79 Å². The smallest absolute Gasteiger partial charge is 0.223 e. The minimum absolute atomic E-state index is 0.0336. The second kappa shape index (κ2) is 8.63. The van der Waals surface area contributed by atoms with Crippen LogP contribution in [-0.4, -0.2) is 22.7 Å². The van der Waals surface area contributed by atoms with E-state index >= 15 is 0 Å². The van der Waals surface area contributed by atoms with E-state index in [0.29, 0.717) is 17.3 Å². The van der Waals surface area contributed by atoms with Gasteiger partial charge in [0.05, 0.1) is 11.6 Å². The summed E-state index contributed by atoms with van der Waals surface area (Å²) < 4.78 is 0. The fourth-order valence-corrected chi connectivity index (χ4v) is 5.92. The van der Waals surface area contributed by atoms with Crippen molar-refractivity contribution in [3.05, 3.63) is 0 Å². The zero-order valence-electron chi connectivity index (χ0n) is 18.1. The molecule has 3 nitrogen and oxygen atoms in total. The number of carbonyl (C=O) groups excluding carboxylic acids is 1. The van der Waals surface area contributed by atoms with Gasteiger partial charge in [0.1, 0.15) is 0 Å². The molecule has 2 fully saturated rings. The SMILES string of the molecule is CCCC[C@H]1NC(=O)[C@H](C)CCCC2(C)C[C@H]([C@H](C)C2)[C@H](C)C[C@]1(C)O. The number of aliphatic hydroxyl groups is 1. The Bertz CT molecular complexity index is 475. The van der Waals surface area contributed by atoms with Crippen molar-refractivity contribution in [3.8, 4) is 0 Å². The molecule has 1 saturated carbocycles. The van der Waals surface area contributed by atoms with Gasteiger partial charge in [-0.1, -0.05) is 53.9 Å². The van der Waals surface area contributed by atoms with E-state index < -0.39 is 5.60 Å². The summed E-state index contributed by atoms with van der Waals surface area (Å²) in [5.41, 5.74) is -0.424. The minimum Gasteiger partial charge on any atom is -0.388 e. The second-order valence-electron chi connectivity index (χ2n) is 10.4. The topological polar surface area (TPSA) is 49.3 Å². The van der Waals surface area contributed by atoms with Gasteiger partial charge in [-0.05, 0) is 68.6 Å². The van der Waals surface area contributed by atoms with Crippen molar-refractivity contribution in [2.45, 2.75) is 111 Å². The third-order valence-corrected chi connectivity index (χ3v) is 7.52. The van der Waals surface area contributed by atoms with Gasteiger partial charge in [-0.25, -0.2) is 0 Å². The van der Waals surface area contributed by atoms with E-state index in [9.17, 15) is 9.90 Å². The van der Waals surface area contributed by atoms with E-state index in [-0.39, 0.29) is 17.9 Å². The van der Waals surface area contributed by atoms with Gasteiger partial charge in [0.2, 0.25) is 5.91 Å². The Morgan fingerprint density at radius 3 is 2.42 bits per heavy atom. The zero-order valence-corrected chi connectivity index (χ0v) is 18.1. The molecule has 1 amide bonds. The minimum atomic E-state index is -0.837. The molecule has 2 aliphatic rings. The van der Waals surface area contributed by atoms with Gasteiger partial charge < -0.3 is 10.4 Å². The number of hydrogen-bond donors (Lipinski definition) is 2. The molecule has 1 unspecified atom stereocenters. The molecular weight excluding hydrogens is 322 g/mol. The van der Waals surface area contributed by atoms with Gasteiger partial charge in [0.25, 0.3) is 0 Å². The summed E-state index contributed by atoms with van der Waals surface area (Å²) in [4.78, 5) is 12.7. The van der Waals surface area contributed by atoms with Gasteiger partial charge in [0.15, 0.2) is 0 Å². The highest BCUT2D eigenvalue weighted by atomic mass is 16.3. The molecule has 1 aliphatic heterocycles. The number of nitrogens with one attached hydrogen (secondary N) is 1. The van der Waals surface area contributed by atoms with Crippen molar-refractivity contribution in [1.29, 1.82) is 0 Å². The lowest BCUT2D eigenvalue weighted by molar-refractivity contribution is -0.128. The Morgan fingerprint density at radius 2 is 1.77 bits per heavy atom. The molecule has 3 heteroatoms. The molecule has 2 N–H and O–H groups in total. The first-order valence-corrected chi connectivity index (χ1v) is 11.1. The first-order chi connectivity index (χ1) is 12.1. The Morgan fingerprint density at radius 1 is 1.12 bits per heavy atom. The number of unbranched alkanes of at least 4 members (excludes halogenated alkanes) is 1. The molecule has 7 atom stereocenters. The highest BCUT2D eigenvalue weighted by Crippen LogP contribution is 2.52. The van der Waals surface area contributed by atoms with Crippen LogP contribution in [0.3, 0.4) is 0 Å². The summed E-state index contributed by atoms with van der Waals surface area (Å²) in [6, 6.07) is -0.135. The van der Waals surface area contributed by atoms with Crippen molar-refractivity contribution in [1.82, 2.24) is 5.32 Å². The van der Waals surface area contributed by atoms with E-state index in [1.807, 2.05) is 13.8 Å². The van der Waals surface area contributed by atoms with Crippen LogP contribution in [0.5, 0.6) is 0 Å². The maximum absolute atomic E-state index is 12.7. The third kappa shape index (κ3) is 5.24. The van der Waals surface area contributed by atoms with Crippen LogP contribution in [0.1, 0.15) is 99.3 Å². The highest BCUT2D eigenvalue weighted by Gasteiger charge is 2.44. The lowest BCUT2D eigenvalue weighted by Crippen LogP contribution is -2.53. The molecule has 0 aromatic rings. The van der Waals surface area contributed by atoms with Crippen LogP contribution in [0, 0.1) is 29.1 Å². The molecule has 1 aliphatic carbocycles. The fraction of sp³-hybridized carbons (Fsp3) is 0.957. The molecule has 0 radical (unpaired) electrons. The monoisotopic (exact) mass is 365 g/mol. The first kappa shape index (κ1) is 21.7. The molecule has 0 aromatic carbocycles. The molecule has 1 heterocycles. The third-order valence-electron chi connectivity index (χ3n) is 7.52. The van der Waals surface area contributed by atoms with E-state index in [2.05, 4.69) is 33.0 Å². The van der Waals surface area contributed by atoms with Crippen molar-refractivity contribution < 1.29 is 9.90 Å². The van der Waals surface area contributed by atoms with Crippen molar-refractivity contribution >= 4 is 5.91 Å². The van der Waals surface area contributed by atoms with Crippen molar-refractivity contribution in [2.24, 2.45) is 29.1 Å². The normalized spacial score (nSPS) is 45.3. The Balaban J connectivity index is 2.25. The maximum atomic E-state index is 12.7. The maximum Gasteiger partial charge on any atom is 0.223 e. The Hall–Kier alpha value is -0.570. The van der Waals surface area contributed by atoms with Crippen LogP contribution >= 0.6 is 0 Å².